The third kappa shape index (κ3) is 11.3. The number of esters is 4. The molecule has 228 valence electrons. The minimum absolute atomic E-state index is 0.142. The Morgan fingerprint density at radius 3 is 0.900 bits per heavy atom. The van der Waals surface area contributed by atoms with Gasteiger partial charge >= 0.3 is 23.9 Å². The van der Waals surface area contributed by atoms with Crippen LogP contribution in [0.3, 0.4) is 0 Å². The summed E-state index contributed by atoms with van der Waals surface area (Å²) in [6, 6.07) is 0. The third-order valence-electron chi connectivity index (χ3n) is 6.73. The molecule has 0 spiro atoms. The van der Waals surface area contributed by atoms with E-state index in [0.29, 0.717) is 51.4 Å². The number of fused-ring (bicyclic) bond motifs is 2. The molecular formula is C28H44O12. The summed E-state index contributed by atoms with van der Waals surface area (Å²) in [4.78, 5) is 48.3. The van der Waals surface area contributed by atoms with Crippen molar-refractivity contribution in [2.75, 3.05) is 26.4 Å². The van der Waals surface area contributed by atoms with Crippen molar-refractivity contribution in [3.63, 3.8) is 0 Å². The Hall–Kier alpha value is -2.28. The van der Waals surface area contributed by atoms with E-state index in [1.54, 1.807) is 0 Å². The predicted molar refractivity (Wildman–Crippen MR) is 138 cm³/mol. The monoisotopic (exact) mass is 572 g/mol. The molecule has 12 nitrogen and oxygen atoms in total. The van der Waals surface area contributed by atoms with Crippen LogP contribution < -0.4 is 0 Å². The quantitative estimate of drug-likeness (QED) is 0.239. The molecule has 3 saturated heterocycles. The molecular weight excluding hydrogens is 528 g/mol. The molecule has 0 unspecified atom stereocenters. The van der Waals surface area contributed by atoms with Gasteiger partial charge in [-0.05, 0) is 79.1 Å². The molecule has 0 bridgehead atoms. The van der Waals surface area contributed by atoms with Gasteiger partial charge in [-0.1, -0.05) is 0 Å². The van der Waals surface area contributed by atoms with Gasteiger partial charge in [-0.2, -0.15) is 0 Å². The molecule has 0 aromatic carbocycles. The number of hydrogen-bond acceptors (Lipinski definition) is 12. The van der Waals surface area contributed by atoms with E-state index in [1.165, 1.54) is 0 Å². The topological polar surface area (TPSA) is 142 Å². The molecule has 0 aliphatic carbocycles. The molecule has 3 heterocycles. The smallest absolute Gasteiger partial charge is 0.317 e. The Morgan fingerprint density at radius 1 is 0.450 bits per heavy atom. The van der Waals surface area contributed by atoms with Crippen molar-refractivity contribution < 1.29 is 57.1 Å². The van der Waals surface area contributed by atoms with Crippen molar-refractivity contribution in [1.29, 1.82) is 0 Å². The summed E-state index contributed by atoms with van der Waals surface area (Å²) in [5, 5.41) is 0. The predicted octanol–water partition coefficient (Wildman–Crippen LogP) is 3.11. The summed E-state index contributed by atoms with van der Waals surface area (Å²) in [6.45, 7) is 7.87. The van der Waals surface area contributed by atoms with Gasteiger partial charge in [0.2, 0.25) is 0 Å². The second-order valence-electron chi connectivity index (χ2n) is 11.2. The summed E-state index contributed by atoms with van der Waals surface area (Å²) in [6.07, 6.45) is 2.67. The summed E-state index contributed by atoms with van der Waals surface area (Å²) in [5.74, 6) is -4.06. The second-order valence-corrected chi connectivity index (χ2v) is 11.2. The summed E-state index contributed by atoms with van der Waals surface area (Å²) in [7, 11) is 0. The lowest BCUT2D eigenvalue weighted by molar-refractivity contribution is -0.156. The van der Waals surface area contributed by atoms with Crippen molar-refractivity contribution in [2.45, 2.75) is 128 Å². The zero-order chi connectivity index (χ0) is 29.2. The first-order valence-corrected chi connectivity index (χ1v) is 14.3. The molecule has 0 aromatic heterocycles. The molecule has 3 aliphatic heterocycles. The molecule has 0 saturated carbocycles. The summed E-state index contributed by atoms with van der Waals surface area (Å²) >= 11 is 0. The number of rotatable bonds is 0. The fraction of sp³-hybridized carbons (Fsp3) is 0.857. The Labute approximate surface area is 235 Å². The lowest BCUT2D eigenvalue weighted by atomic mass is 10.0. The molecule has 3 aliphatic rings. The van der Waals surface area contributed by atoms with E-state index in [2.05, 4.69) is 0 Å². The van der Waals surface area contributed by atoms with E-state index in [4.69, 9.17) is 37.9 Å². The van der Waals surface area contributed by atoms with Crippen LogP contribution in [0.25, 0.3) is 0 Å². The van der Waals surface area contributed by atoms with Crippen LogP contribution in [-0.2, 0) is 57.1 Å². The van der Waals surface area contributed by atoms with Crippen LogP contribution in [0.4, 0.5) is 0 Å². The Bertz CT molecular complexity index is 735. The number of carbonyl (C=O) groups excluding carboxylic acids is 4. The van der Waals surface area contributed by atoms with Gasteiger partial charge in [0.25, 0.3) is 0 Å². The maximum absolute atomic E-state index is 12.1. The summed E-state index contributed by atoms with van der Waals surface area (Å²) in [5.41, 5.74) is 0. The van der Waals surface area contributed by atoms with Gasteiger partial charge in [-0.3, -0.25) is 19.2 Å². The molecule has 12 heteroatoms. The van der Waals surface area contributed by atoms with Gasteiger partial charge in [-0.15, -0.1) is 0 Å². The van der Waals surface area contributed by atoms with E-state index in [9.17, 15) is 19.2 Å². The largest absolute Gasteiger partial charge is 0.465 e. The molecule has 40 heavy (non-hydrogen) atoms. The highest BCUT2D eigenvalue weighted by Gasteiger charge is 2.41. The van der Waals surface area contributed by atoms with Crippen LogP contribution in [0.1, 0.15) is 91.9 Å². The lowest BCUT2D eigenvalue weighted by Gasteiger charge is -2.17. The van der Waals surface area contributed by atoms with Crippen LogP contribution in [-0.4, -0.2) is 86.3 Å². The number of hydrogen-bond donors (Lipinski definition) is 0. The normalized spacial score (nSPS) is 32.1. The molecule has 0 aromatic rings. The van der Waals surface area contributed by atoms with Crippen LogP contribution in [0, 0.1) is 0 Å². The average molecular weight is 573 g/mol. The second kappa shape index (κ2) is 15.1. The van der Waals surface area contributed by atoms with E-state index in [1.807, 2.05) is 27.7 Å². The zero-order valence-electron chi connectivity index (χ0n) is 24.1. The molecule has 0 amide bonds. The van der Waals surface area contributed by atoms with Crippen molar-refractivity contribution >= 4 is 23.9 Å². The first-order valence-electron chi connectivity index (χ1n) is 14.3. The molecule has 3 fully saturated rings. The fourth-order valence-electron chi connectivity index (χ4n) is 5.12. The van der Waals surface area contributed by atoms with Gasteiger partial charge in [-0.25, -0.2) is 0 Å². The fourth-order valence-corrected chi connectivity index (χ4v) is 5.12. The highest BCUT2D eigenvalue weighted by molar-refractivity contribution is 5.91. The third-order valence-corrected chi connectivity index (χ3v) is 6.73. The number of carbonyl (C=O) groups is 4. The number of ether oxygens (including phenoxy) is 8. The number of cyclic esters (lactones) is 4. The van der Waals surface area contributed by atoms with Gasteiger partial charge in [0, 0.05) is 0 Å². The van der Waals surface area contributed by atoms with Gasteiger partial charge in [0.1, 0.15) is 12.8 Å². The van der Waals surface area contributed by atoms with Crippen LogP contribution in [0.5, 0.6) is 0 Å². The minimum atomic E-state index is -0.759. The van der Waals surface area contributed by atoms with Gasteiger partial charge in [0.15, 0.2) is 11.6 Å². The molecule has 0 radical (unpaired) electrons. The molecule has 0 N–H and O–H groups in total. The first-order chi connectivity index (χ1) is 18.9. The van der Waals surface area contributed by atoms with E-state index in [0.717, 1.165) is 0 Å². The zero-order valence-corrected chi connectivity index (χ0v) is 24.1. The van der Waals surface area contributed by atoms with E-state index in [-0.39, 0.29) is 50.8 Å². The van der Waals surface area contributed by atoms with Gasteiger partial charge in [0.05, 0.1) is 50.8 Å². The van der Waals surface area contributed by atoms with Crippen molar-refractivity contribution in [2.24, 2.45) is 0 Å². The van der Waals surface area contributed by atoms with Crippen molar-refractivity contribution in [1.82, 2.24) is 0 Å². The van der Waals surface area contributed by atoms with Crippen LogP contribution >= 0.6 is 0 Å². The SMILES string of the molecule is CC1(C)O[C@@H]2CCCOC(=O)CC(=O)OCCC[C@H]3OC(C)(C)O[C@@H]3CCCOC(=O)CC(=O)OCCC[C@H]2O1. The van der Waals surface area contributed by atoms with Gasteiger partial charge < -0.3 is 37.9 Å². The summed E-state index contributed by atoms with van der Waals surface area (Å²) < 4.78 is 44.8. The van der Waals surface area contributed by atoms with E-state index < -0.39 is 48.3 Å². The van der Waals surface area contributed by atoms with Crippen LogP contribution in [0.15, 0.2) is 0 Å². The first kappa shape index (κ1) is 32.2. The Morgan fingerprint density at radius 2 is 0.675 bits per heavy atom. The van der Waals surface area contributed by atoms with E-state index >= 15 is 0 Å². The average Bonchev–Trinajstić information content (AvgIpc) is 3.32. The Balaban J connectivity index is 1.52. The maximum Gasteiger partial charge on any atom is 0.317 e. The standard InChI is InChI=1S/C28H44O12/c1-27(2)37-19-9-5-13-33-23(29)17-25(31)35-15-7-11-21-22(40-28(3,4)39-21)12-8-16-36-26(32)18-24(30)34-14-6-10-20(19)38-27/h19-22H,5-18H2,1-4H3/t19-,20-,21-,22-/m1/s1. The van der Waals surface area contributed by atoms with Crippen molar-refractivity contribution in [3.05, 3.63) is 0 Å². The van der Waals surface area contributed by atoms with Crippen molar-refractivity contribution in [3.8, 4) is 0 Å². The lowest BCUT2D eigenvalue weighted by Crippen LogP contribution is -2.25. The highest BCUT2D eigenvalue weighted by atomic mass is 16.8. The molecule has 4 atom stereocenters. The molecule has 3 rings (SSSR count). The maximum atomic E-state index is 12.1. The van der Waals surface area contributed by atoms with Crippen LogP contribution in [0.2, 0.25) is 0 Å². The Kier molecular flexibility index (Phi) is 12.2. The highest BCUT2D eigenvalue weighted by Crippen LogP contribution is 2.34. The minimum Gasteiger partial charge on any atom is -0.465 e.